The van der Waals surface area contributed by atoms with Crippen LogP contribution in [0.4, 0.5) is 0 Å². The molecule has 0 bridgehead atoms. The molecule has 1 fully saturated rings. The standard InChI is InChI=1S/C13H18ClNO3S/c14-8-3-11-18-12-4-6-13(7-5-12)19(16,17)15-9-1-2-10-15/h4-7H,1-3,8-11H2. The number of sulfonamides is 1. The van der Waals surface area contributed by atoms with Crippen molar-refractivity contribution in [2.24, 2.45) is 0 Å². The van der Waals surface area contributed by atoms with Crippen LogP contribution in [0.2, 0.25) is 0 Å². The van der Waals surface area contributed by atoms with Gasteiger partial charge in [0.2, 0.25) is 10.0 Å². The fraction of sp³-hybridized carbons (Fsp3) is 0.538. The molecule has 1 aromatic carbocycles. The lowest BCUT2D eigenvalue weighted by Gasteiger charge is -2.15. The fourth-order valence-electron chi connectivity index (χ4n) is 2.03. The second-order valence-corrected chi connectivity index (χ2v) is 6.79. The fourth-order valence-corrected chi connectivity index (χ4v) is 3.66. The van der Waals surface area contributed by atoms with Crippen LogP contribution in [-0.2, 0) is 10.0 Å². The van der Waals surface area contributed by atoms with Gasteiger partial charge in [0.15, 0.2) is 0 Å². The molecule has 0 spiro atoms. The number of nitrogens with zero attached hydrogens (tertiary/aromatic N) is 1. The van der Waals surface area contributed by atoms with Gasteiger partial charge >= 0.3 is 0 Å². The molecular weight excluding hydrogens is 286 g/mol. The van der Waals surface area contributed by atoms with Gasteiger partial charge in [-0.3, -0.25) is 0 Å². The van der Waals surface area contributed by atoms with E-state index >= 15 is 0 Å². The van der Waals surface area contributed by atoms with Crippen molar-refractivity contribution in [1.82, 2.24) is 4.31 Å². The minimum Gasteiger partial charge on any atom is -0.494 e. The number of alkyl halides is 1. The molecule has 1 aliphatic rings. The molecule has 4 nitrogen and oxygen atoms in total. The van der Waals surface area contributed by atoms with Gasteiger partial charge in [0, 0.05) is 19.0 Å². The molecule has 0 radical (unpaired) electrons. The normalized spacial score (nSPS) is 16.7. The lowest BCUT2D eigenvalue weighted by atomic mass is 10.3. The van der Waals surface area contributed by atoms with E-state index in [-0.39, 0.29) is 0 Å². The Balaban J connectivity index is 2.05. The molecule has 1 saturated heterocycles. The predicted octanol–water partition coefficient (Wildman–Crippen LogP) is 2.48. The highest BCUT2D eigenvalue weighted by molar-refractivity contribution is 7.89. The molecule has 0 amide bonds. The third kappa shape index (κ3) is 3.61. The first-order valence-electron chi connectivity index (χ1n) is 6.43. The number of halogens is 1. The third-order valence-corrected chi connectivity index (χ3v) is 5.25. The highest BCUT2D eigenvalue weighted by atomic mass is 35.5. The van der Waals surface area contributed by atoms with E-state index < -0.39 is 10.0 Å². The second-order valence-electron chi connectivity index (χ2n) is 4.47. The van der Waals surface area contributed by atoms with Gasteiger partial charge in [-0.1, -0.05) is 0 Å². The van der Waals surface area contributed by atoms with E-state index in [9.17, 15) is 8.42 Å². The van der Waals surface area contributed by atoms with Crippen molar-refractivity contribution >= 4 is 21.6 Å². The number of hydrogen-bond acceptors (Lipinski definition) is 3. The lowest BCUT2D eigenvalue weighted by Crippen LogP contribution is -2.27. The Bertz CT molecular complexity index is 495. The zero-order chi connectivity index (χ0) is 13.7. The average Bonchev–Trinajstić information content (AvgIpc) is 2.94. The molecule has 0 unspecified atom stereocenters. The number of ether oxygens (including phenoxy) is 1. The maximum absolute atomic E-state index is 12.3. The average molecular weight is 304 g/mol. The maximum Gasteiger partial charge on any atom is 0.243 e. The molecule has 0 aliphatic carbocycles. The summed E-state index contributed by atoms with van der Waals surface area (Å²) >= 11 is 5.56. The van der Waals surface area contributed by atoms with Crippen molar-refractivity contribution in [3.8, 4) is 5.75 Å². The van der Waals surface area contributed by atoms with Crippen LogP contribution in [-0.4, -0.2) is 38.3 Å². The Hall–Kier alpha value is -0.780. The summed E-state index contributed by atoms with van der Waals surface area (Å²) in [5.41, 5.74) is 0. The minimum atomic E-state index is -3.32. The monoisotopic (exact) mass is 303 g/mol. The zero-order valence-corrected chi connectivity index (χ0v) is 12.3. The van der Waals surface area contributed by atoms with E-state index in [1.807, 2.05) is 0 Å². The summed E-state index contributed by atoms with van der Waals surface area (Å²) in [6.45, 7) is 1.79. The summed E-state index contributed by atoms with van der Waals surface area (Å²) in [4.78, 5) is 0.332. The molecule has 19 heavy (non-hydrogen) atoms. The minimum absolute atomic E-state index is 0.332. The SMILES string of the molecule is O=S(=O)(c1ccc(OCCCCl)cc1)N1CCCC1. The third-order valence-electron chi connectivity index (χ3n) is 3.07. The zero-order valence-electron chi connectivity index (χ0n) is 10.7. The van der Waals surface area contributed by atoms with Gasteiger partial charge < -0.3 is 4.74 Å². The summed E-state index contributed by atoms with van der Waals surface area (Å²) in [5, 5.41) is 0. The van der Waals surface area contributed by atoms with Gasteiger partial charge in [-0.25, -0.2) is 8.42 Å². The van der Waals surface area contributed by atoms with E-state index in [1.54, 1.807) is 24.3 Å². The van der Waals surface area contributed by atoms with Gasteiger partial charge in [-0.2, -0.15) is 4.31 Å². The van der Waals surface area contributed by atoms with Crippen LogP contribution in [0.3, 0.4) is 0 Å². The van der Waals surface area contributed by atoms with Crippen LogP contribution in [0.25, 0.3) is 0 Å². The molecule has 1 aromatic rings. The molecule has 2 rings (SSSR count). The largest absolute Gasteiger partial charge is 0.494 e. The van der Waals surface area contributed by atoms with Crippen molar-refractivity contribution in [2.75, 3.05) is 25.6 Å². The van der Waals surface area contributed by atoms with Gasteiger partial charge in [-0.15, -0.1) is 11.6 Å². The van der Waals surface area contributed by atoms with Crippen LogP contribution < -0.4 is 4.74 Å². The highest BCUT2D eigenvalue weighted by Gasteiger charge is 2.26. The predicted molar refractivity (Wildman–Crippen MR) is 75.3 cm³/mol. The first-order chi connectivity index (χ1) is 9.14. The molecule has 1 aliphatic heterocycles. The van der Waals surface area contributed by atoms with Crippen LogP contribution >= 0.6 is 11.6 Å². The lowest BCUT2D eigenvalue weighted by molar-refractivity contribution is 0.318. The van der Waals surface area contributed by atoms with Crippen molar-refractivity contribution in [1.29, 1.82) is 0 Å². The van der Waals surface area contributed by atoms with E-state index in [0.29, 0.717) is 36.2 Å². The maximum atomic E-state index is 12.3. The van der Waals surface area contributed by atoms with Crippen molar-refractivity contribution in [3.05, 3.63) is 24.3 Å². The summed E-state index contributed by atoms with van der Waals surface area (Å²) < 4.78 is 31.5. The van der Waals surface area contributed by atoms with E-state index in [4.69, 9.17) is 16.3 Å². The van der Waals surface area contributed by atoms with Gasteiger partial charge in [0.25, 0.3) is 0 Å². The first-order valence-corrected chi connectivity index (χ1v) is 8.41. The van der Waals surface area contributed by atoms with Crippen molar-refractivity contribution in [2.45, 2.75) is 24.2 Å². The van der Waals surface area contributed by atoms with Gasteiger partial charge in [0.05, 0.1) is 11.5 Å². The van der Waals surface area contributed by atoms with Gasteiger partial charge in [-0.05, 0) is 43.5 Å². The summed E-state index contributed by atoms with van der Waals surface area (Å²) in [6.07, 6.45) is 2.66. The number of benzene rings is 1. The van der Waals surface area contributed by atoms with Crippen LogP contribution in [0, 0.1) is 0 Å². The van der Waals surface area contributed by atoms with Crippen LogP contribution in [0.5, 0.6) is 5.75 Å². The number of hydrogen-bond donors (Lipinski definition) is 0. The summed E-state index contributed by atoms with van der Waals surface area (Å²) in [7, 11) is -3.32. The Morgan fingerprint density at radius 2 is 1.79 bits per heavy atom. The number of rotatable bonds is 6. The highest BCUT2D eigenvalue weighted by Crippen LogP contribution is 2.22. The topological polar surface area (TPSA) is 46.6 Å². The van der Waals surface area contributed by atoms with Crippen LogP contribution in [0.1, 0.15) is 19.3 Å². The van der Waals surface area contributed by atoms with E-state index in [1.165, 1.54) is 4.31 Å². The smallest absolute Gasteiger partial charge is 0.243 e. The molecule has 0 atom stereocenters. The summed E-state index contributed by atoms with van der Waals surface area (Å²) in [6, 6.07) is 6.59. The van der Waals surface area contributed by atoms with Crippen molar-refractivity contribution in [3.63, 3.8) is 0 Å². The van der Waals surface area contributed by atoms with Crippen molar-refractivity contribution < 1.29 is 13.2 Å². The molecule has 0 N–H and O–H groups in total. The quantitative estimate of drug-likeness (QED) is 0.599. The molecule has 0 saturated carbocycles. The van der Waals surface area contributed by atoms with Gasteiger partial charge in [0.1, 0.15) is 5.75 Å². The second kappa shape index (κ2) is 6.59. The molecule has 6 heteroatoms. The Kier molecular flexibility index (Phi) is 5.07. The molecule has 1 heterocycles. The summed E-state index contributed by atoms with van der Waals surface area (Å²) in [5.74, 6) is 1.23. The Morgan fingerprint density at radius 3 is 2.37 bits per heavy atom. The van der Waals surface area contributed by atoms with Crippen LogP contribution in [0.15, 0.2) is 29.2 Å². The first kappa shape index (κ1) is 14.6. The van der Waals surface area contributed by atoms with E-state index in [2.05, 4.69) is 0 Å². The molecular formula is C13H18ClNO3S. The molecule has 0 aromatic heterocycles. The Labute approximate surface area is 119 Å². The van der Waals surface area contributed by atoms with E-state index in [0.717, 1.165) is 19.3 Å². The molecule has 106 valence electrons. The Morgan fingerprint density at radius 1 is 1.16 bits per heavy atom.